The zero-order valence-corrected chi connectivity index (χ0v) is 10.9. The van der Waals surface area contributed by atoms with Crippen molar-refractivity contribution in [3.63, 3.8) is 0 Å². The molecule has 18 heavy (non-hydrogen) atoms. The van der Waals surface area contributed by atoms with Gasteiger partial charge in [-0.3, -0.25) is 4.90 Å². The van der Waals surface area contributed by atoms with Crippen molar-refractivity contribution in [2.75, 3.05) is 32.7 Å². The lowest BCUT2D eigenvalue weighted by Gasteiger charge is -2.22. The zero-order valence-electron chi connectivity index (χ0n) is 10.9. The van der Waals surface area contributed by atoms with Crippen LogP contribution >= 0.6 is 0 Å². The summed E-state index contributed by atoms with van der Waals surface area (Å²) in [7, 11) is 0. The van der Waals surface area contributed by atoms with Gasteiger partial charge in [0.2, 0.25) is 0 Å². The van der Waals surface area contributed by atoms with Gasteiger partial charge in [0.15, 0.2) is 0 Å². The van der Waals surface area contributed by atoms with Crippen LogP contribution in [0.25, 0.3) is 0 Å². The molecule has 108 valence electrons. The Morgan fingerprint density at radius 2 is 2.00 bits per heavy atom. The molecule has 6 heteroatoms. The van der Waals surface area contributed by atoms with Gasteiger partial charge in [-0.15, -0.1) is 0 Å². The van der Waals surface area contributed by atoms with Crippen molar-refractivity contribution in [2.45, 2.75) is 32.6 Å². The number of nitrogens with one attached hydrogen (secondary N) is 1. The highest BCUT2D eigenvalue weighted by atomic mass is 19.3. The molecule has 1 rings (SSSR count). The molecule has 0 aromatic heterocycles. The topological polar surface area (TPSA) is 15.3 Å². The molecule has 0 amide bonds. The maximum atomic E-state index is 12.9. The molecule has 2 nitrogen and oxygen atoms in total. The van der Waals surface area contributed by atoms with Gasteiger partial charge in [0.1, 0.15) is 0 Å². The summed E-state index contributed by atoms with van der Waals surface area (Å²) in [4.78, 5) is 1.44. The van der Waals surface area contributed by atoms with E-state index in [1.807, 2.05) is 0 Å². The van der Waals surface area contributed by atoms with E-state index in [1.165, 1.54) is 4.90 Å². The largest absolute Gasteiger partial charge is 0.319 e. The van der Waals surface area contributed by atoms with E-state index in [2.05, 4.69) is 19.2 Å². The monoisotopic (exact) mass is 270 g/mol. The normalized spacial score (nSPS) is 22.3. The van der Waals surface area contributed by atoms with Gasteiger partial charge in [0.05, 0.1) is 6.54 Å². The summed E-state index contributed by atoms with van der Waals surface area (Å²) in [5.74, 6) is -3.05. The molecule has 1 atom stereocenters. The second-order valence-corrected chi connectivity index (χ2v) is 5.50. The summed E-state index contributed by atoms with van der Waals surface area (Å²) < 4.78 is 49.9. The quantitative estimate of drug-likeness (QED) is 0.715. The Kier molecular flexibility index (Phi) is 5.85. The molecule has 0 aromatic carbocycles. The molecule has 0 spiro atoms. The number of hydrogen-bond acceptors (Lipinski definition) is 2. The zero-order chi connectivity index (χ0) is 13.8. The van der Waals surface area contributed by atoms with Gasteiger partial charge in [-0.05, 0) is 37.9 Å². The van der Waals surface area contributed by atoms with E-state index in [0.29, 0.717) is 19.0 Å². The summed E-state index contributed by atoms with van der Waals surface area (Å²) in [5, 5.41) is 3.27. The SMILES string of the molecule is CC(C)CNCC1CCN(CC(F)(F)C(F)F)C1. The molecule has 0 radical (unpaired) electrons. The molecule has 0 saturated carbocycles. The van der Waals surface area contributed by atoms with Crippen molar-refractivity contribution in [1.82, 2.24) is 10.2 Å². The number of likely N-dealkylation sites (tertiary alicyclic amines) is 1. The highest BCUT2D eigenvalue weighted by Gasteiger charge is 2.43. The second kappa shape index (κ2) is 6.70. The van der Waals surface area contributed by atoms with E-state index >= 15 is 0 Å². The van der Waals surface area contributed by atoms with Crippen LogP contribution in [0.3, 0.4) is 0 Å². The third kappa shape index (κ3) is 5.10. The van der Waals surface area contributed by atoms with Crippen molar-refractivity contribution >= 4 is 0 Å². The Hall–Kier alpha value is -0.360. The van der Waals surface area contributed by atoms with Crippen molar-refractivity contribution in [2.24, 2.45) is 11.8 Å². The fraction of sp³-hybridized carbons (Fsp3) is 1.00. The molecule has 1 N–H and O–H groups in total. The predicted octanol–water partition coefficient (Wildman–Crippen LogP) is 2.45. The Morgan fingerprint density at radius 1 is 1.33 bits per heavy atom. The lowest BCUT2D eigenvalue weighted by molar-refractivity contribution is -0.140. The van der Waals surface area contributed by atoms with Gasteiger partial charge < -0.3 is 5.32 Å². The molecule has 0 aromatic rings. The van der Waals surface area contributed by atoms with Gasteiger partial charge >= 0.3 is 12.3 Å². The van der Waals surface area contributed by atoms with Crippen molar-refractivity contribution in [3.05, 3.63) is 0 Å². The minimum absolute atomic E-state index is 0.289. The first-order chi connectivity index (χ1) is 8.31. The van der Waals surface area contributed by atoms with E-state index in [1.54, 1.807) is 0 Å². The van der Waals surface area contributed by atoms with E-state index < -0.39 is 18.9 Å². The third-order valence-electron chi connectivity index (χ3n) is 3.11. The van der Waals surface area contributed by atoms with Crippen LogP contribution in [-0.4, -0.2) is 50.0 Å². The molecular weight excluding hydrogens is 248 g/mol. The second-order valence-electron chi connectivity index (χ2n) is 5.50. The predicted molar refractivity (Wildman–Crippen MR) is 63.2 cm³/mol. The maximum absolute atomic E-state index is 12.9. The van der Waals surface area contributed by atoms with Crippen molar-refractivity contribution < 1.29 is 17.6 Å². The standard InChI is InChI=1S/C12H22F4N2/c1-9(2)5-17-6-10-3-4-18(7-10)8-12(15,16)11(13)14/h9-11,17H,3-8H2,1-2H3. The van der Waals surface area contributed by atoms with E-state index in [4.69, 9.17) is 0 Å². The first-order valence-electron chi connectivity index (χ1n) is 6.40. The van der Waals surface area contributed by atoms with E-state index in [0.717, 1.165) is 19.5 Å². The molecular formula is C12H22F4N2. The molecule has 0 aliphatic carbocycles. The summed E-state index contributed by atoms with van der Waals surface area (Å²) in [6.45, 7) is 5.99. The van der Waals surface area contributed by atoms with Crippen LogP contribution in [0.2, 0.25) is 0 Å². The van der Waals surface area contributed by atoms with E-state index in [9.17, 15) is 17.6 Å². The average Bonchev–Trinajstić information content (AvgIpc) is 2.64. The Bertz CT molecular complexity index is 246. The maximum Gasteiger partial charge on any atom is 0.319 e. The Morgan fingerprint density at radius 3 is 2.56 bits per heavy atom. The van der Waals surface area contributed by atoms with Crippen molar-refractivity contribution in [1.29, 1.82) is 0 Å². The minimum Gasteiger partial charge on any atom is -0.316 e. The number of alkyl halides is 4. The molecule has 1 fully saturated rings. The lowest BCUT2D eigenvalue weighted by Crippen LogP contribution is -2.41. The summed E-state index contributed by atoms with van der Waals surface area (Å²) >= 11 is 0. The van der Waals surface area contributed by atoms with Crippen LogP contribution in [0.4, 0.5) is 17.6 Å². The first-order valence-corrected chi connectivity index (χ1v) is 6.40. The van der Waals surface area contributed by atoms with Crippen LogP contribution in [-0.2, 0) is 0 Å². The molecule has 0 bridgehead atoms. The third-order valence-corrected chi connectivity index (χ3v) is 3.11. The van der Waals surface area contributed by atoms with Crippen LogP contribution in [0.15, 0.2) is 0 Å². The average molecular weight is 270 g/mol. The van der Waals surface area contributed by atoms with Gasteiger partial charge in [-0.2, -0.15) is 8.78 Å². The summed E-state index contributed by atoms with van der Waals surface area (Å²) in [6, 6.07) is 0. The van der Waals surface area contributed by atoms with Crippen LogP contribution in [0, 0.1) is 11.8 Å². The molecule has 1 unspecified atom stereocenters. The number of nitrogens with zero attached hydrogens (tertiary/aromatic N) is 1. The first kappa shape index (κ1) is 15.7. The number of rotatable bonds is 7. The fourth-order valence-corrected chi connectivity index (χ4v) is 2.17. The van der Waals surface area contributed by atoms with Crippen LogP contribution < -0.4 is 5.32 Å². The number of hydrogen-bond donors (Lipinski definition) is 1. The fourth-order valence-electron chi connectivity index (χ4n) is 2.17. The smallest absolute Gasteiger partial charge is 0.316 e. The Balaban J connectivity index is 2.25. The van der Waals surface area contributed by atoms with E-state index in [-0.39, 0.29) is 5.92 Å². The molecule has 1 heterocycles. The van der Waals surface area contributed by atoms with Crippen LogP contribution in [0.5, 0.6) is 0 Å². The van der Waals surface area contributed by atoms with Crippen molar-refractivity contribution in [3.8, 4) is 0 Å². The highest BCUT2D eigenvalue weighted by molar-refractivity contribution is 4.82. The van der Waals surface area contributed by atoms with Gasteiger partial charge in [-0.25, -0.2) is 8.78 Å². The summed E-state index contributed by atoms with van der Waals surface area (Å²) in [5.41, 5.74) is 0. The molecule has 1 aliphatic rings. The van der Waals surface area contributed by atoms with Gasteiger partial charge in [0, 0.05) is 6.54 Å². The van der Waals surface area contributed by atoms with Gasteiger partial charge in [0.25, 0.3) is 0 Å². The van der Waals surface area contributed by atoms with Gasteiger partial charge in [-0.1, -0.05) is 13.8 Å². The highest BCUT2D eigenvalue weighted by Crippen LogP contribution is 2.26. The summed E-state index contributed by atoms with van der Waals surface area (Å²) in [6.07, 6.45) is -2.78. The lowest BCUT2D eigenvalue weighted by atomic mass is 10.1. The molecule has 1 aliphatic heterocycles. The minimum atomic E-state index is -3.89. The Labute approximate surface area is 106 Å². The van der Waals surface area contributed by atoms with Crippen LogP contribution in [0.1, 0.15) is 20.3 Å². The molecule has 1 saturated heterocycles. The number of halogens is 4.